The Labute approximate surface area is 186 Å². The first-order valence-electron chi connectivity index (χ1n) is 10.3. The van der Waals surface area contributed by atoms with Gasteiger partial charge in [0.25, 0.3) is 5.91 Å². The van der Waals surface area contributed by atoms with Gasteiger partial charge in [0.2, 0.25) is 0 Å². The number of rotatable bonds is 6. The van der Waals surface area contributed by atoms with Gasteiger partial charge in [0.1, 0.15) is 5.75 Å². The monoisotopic (exact) mass is 432 g/mol. The molecular weight excluding hydrogens is 408 g/mol. The Bertz CT molecular complexity index is 1120. The van der Waals surface area contributed by atoms with Gasteiger partial charge in [-0.1, -0.05) is 30.3 Å². The lowest BCUT2D eigenvalue weighted by molar-refractivity contribution is 0.0693. The van der Waals surface area contributed by atoms with Gasteiger partial charge in [-0.05, 0) is 42.5 Å². The van der Waals surface area contributed by atoms with E-state index in [1.807, 2.05) is 35.2 Å². The molecule has 1 heterocycles. The average molecular weight is 432 g/mol. The third-order valence-corrected chi connectivity index (χ3v) is 5.42. The highest BCUT2D eigenvalue weighted by Gasteiger charge is 2.24. The number of anilines is 1. The third-order valence-electron chi connectivity index (χ3n) is 5.42. The molecule has 1 aliphatic heterocycles. The van der Waals surface area contributed by atoms with E-state index in [1.165, 1.54) is 0 Å². The normalized spacial score (nSPS) is 13.5. The largest absolute Gasteiger partial charge is 0.493 e. The van der Waals surface area contributed by atoms with Crippen molar-refractivity contribution in [2.45, 2.75) is 0 Å². The van der Waals surface area contributed by atoms with Crippen LogP contribution >= 0.6 is 0 Å². The van der Waals surface area contributed by atoms with Gasteiger partial charge < -0.3 is 24.4 Å². The number of aromatic carboxylic acids is 1. The zero-order chi connectivity index (χ0) is 22.5. The Morgan fingerprint density at radius 3 is 2.25 bits per heavy atom. The number of amides is 1. The molecule has 1 fully saturated rings. The van der Waals surface area contributed by atoms with Crippen LogP contribution in [0.15, 0.2) is 72.8 Å². The zero-order valence-corrected chi connectivity index (χ0v) is 17.7. The van der Waals surface area contributed by atoms with E-state index in [-0.39, 0.29) is 11.5 Å². The summed E-state index contributed by atoms with van der Waals surface area (Å²) >= 11 is 0. The first-order chi connectivity index (χ1) is 15.6. The number of hydrogen-bond donors (Lipinski definition) is 1. The van der Waals surface area contributed by atoms with Crippen molar-refractivity contribution >= 4 is 17.6 Å². The maximum absolute atomic E-state index is 13.1. The summed E-state index contributed by atoms with van der Waals surface area (Å²) in [5, 5.41) is 9.44. The molecule has 1 N–H and O–H groups in total. The maximum Gasteiger partial charge on any atom is 0.337 e. The smallest absolute Gasteiger partial charge is 0.337 e. The number of benzene rings is 3. The van der Waals surface area contributed by atoms with E-state index in [2.05, 4.69) is 0 Å². The van der Waals surface area contributed by atoms with Gasteiger partial charge in [0, 0.05) is 31.7 Å². The molecule has 3 aromatic rings. The molecule has 1 saturated heterocycles. The Morgan fingerprint density at radius 1 is 0.844 bits per heavy atom. The SMILES string of the molecule is COc1ccccc1Oc1cccc(C(=O)N2CCN(c3ccccc3C(=O)O)CC2)c1. The van der Waals surface area contributed by atoms with E-state index in [0.29, 0.717) is 54.7 Å². The topological polar surface area (TPSA) is 79.3 Å². The molecule has 0 aromatic heterocycles. The highest BCUT2D eigenvalue weighted by Crippen LogP contribution is 2.31. The lowest BCUT2D eigenvalue weighted by Gasteiger charge is -2.36. The van der Waals surface area contributed by atoms with Crippen LogP contribution in [0, 0.1) is 0 Å². The third kappa shape index (κ3) is 4.51. The van der Waals surface area contributed by atoms with E-state index < -0.39 is 5.97 Å². The van der Waals surface area contributed by atoms with Crippen LogP contribution in [-0.4, -0.2) is 55.2 Å². The first-order valence-corrected chi connectivity index (χ1v) is 10.3. The summed E-state index contributed by atoms with van der Waals surface area (Å²) in [6.07, 6.45) is 0. The van der Waals surface area contributed by atoms with Crippen LogP contribution in [0.1, 0.15) is 20.7 Å². The van der Waals surface area contributed by atoms with Crippen molar-refractivity contribution in [3.63, 3.8) is 0 Å². The van der Waals surface area contributed by atoms with Gasteiger partial charge in [-0.25, -0.2) is 4.79 Å². The molecular formula is C25H24N2O5. The van der Waals surface area contributed by atoms with Gasteiger partial charge in [-0.3, -0.25) is 4.79 Å². The van der Waals surface area contributed by atoms with Crippen molar-refractivity contribution in [1.82, 2.24) is 4.90 Å². The second-order valence-electron chi connectivity index (χ2n) is 7.38. The predicted octanol–water partition coefficient (Wildman–Crippen LogP) is 4.15. The molecule has 0 saturated carbocycles. The lowest BCUT2D eigenvalue weighted by Crippen LogP contribution is -2.49. The predicted molar refractivity (Wildman–Crippen MR) is 121 cm³/mol. The second-order valence-corrected chi connectivity index (χ2v) is 7.38. The van der Waals surface area contributed by atoms with Crippen molar-refractivity contribution in [1.29, 1.82) is 0 Å². The molecule has 0 unspecified atom stereocenters. The Kier molecular flexibility index (Phi) is 6.26. The van der Waals surface area contributed by atoms with Gasteiger partial charge in [0.05, 0.1) is 18.4 Å². The maximum atomic E-state index is 13.1. The van der Waals surface area contributed by atoms with E-state index in [0.717, 1.165) is 0 Å². The molecule has 1 amide bonds. The molecule has 7 nitrogen and oxygen atoms in total. The fourth-order valence-corrected chi connectivity index (χ4v) is 3.79. The quantitative estimate of drug-likeness (QED) is 0.631. The molecule has 0 aliphatic carbocycles. The van der Waals surface area contributed by atoms with Crippen LogP contribution in [0.3, 0.4) is 0 Å². The summed E-state index contributed by atoms with van der Waals surface area (Å²) in [6.45, 7) is 2.13. The molecule has 0 spiro atoms. The van der Waals surface area contributed by atoms with Gasteiger partial charge >= 0.3 is 5.97 Å². The van der Waals surface area contributed by atoms with Crippen LogP contribution < -0.4 is 14.4 Å². The average Bonchev–Trinajstić information content (AvgIpc) is 2.84. The number of ether oxygens (including phenoxy) is 2. The minimum atomic E-state index is -0.953. The summed E-state index contributed by atoms with van der Waals surface area (Å²) in [5.41, 5.74) is 1.49. The highest BCUT2D eigenvalue weighted by atomic mass is 16.5. The number of carboxylic acids is 1. The number of nitrogens with zero attached hydrogens (tertiary/aromatic N) is 2. The van der Waals surface area contributed by atoms with Crippen LogP contribution in [0.5, 0.6) is 17.2 Å². The Morgan fingerprint density at radius 2 is 1.53 bits per heavy atom. The summed E-state index contributed by atoms with van der Waals surface area (Å²) in [4.78, 5) is 28.4. The van der Waals surface area contributed by atoms with E-state index in [1.54, 1.807) is 54.5 Å². The number of carboxylic acid groups (broad SMARTS) is 1. The van der Waals surface area contributed by atoms with Crippen LogP contribution in [0.4, 0.5) is 5.69 Å². The molecule has 3 aromatic carbocycles. The molecule has 7 heteroatoms. The summed E-state index contributed by atoms with van der Waals surface area (Å²) < 4.78 is 11.2. The zero-order valence-electron chi connectivity index (χ0n) is 17.7. The van der Waals surface area contributed by atoms with Gasteiger partial charge in [0.15, 0.2) is 11.5 Å². The number of hydrogen-bond acceptors (Lipinski definition) is 5. The van der Waals surface area contributed by atoms with Crippen molar-refractivity contribution in [3.8, 4) is 17.2 Å². The Hall–Kier alpha value is -4.00. The number of carbonyl (C=O) groups is 2. The minimum absolute atomic E-state index is 0.0818. The standard InChI is InChI=1S/C25H24N2O5/c1-31-22-11-4-5-12-23(22)32-19-8-6-7-18(17-19)24(28)27-15-13-26(14-16-27)21-10-3-2-9-20(21)25(29)30/h2-12,17H,13-16H2,1H3,(H,29,30). The van der Waals surface area contributed by atoms with Crippen LogP contribution in [0.25, 0.3) is 0 Å². The fraction of sp³-hybridized carbons (Fsp3) is 0.200. The molecule has 0 atom stereocenters. The van der Waals surface area contributed by atoms with E-state index in [9.17, 15) is 14.7 Å². The fourth-order valence-electron chi connectivity index (χ4n) is 3.79. The summed E-state index contributed by atoms with van der Waals surface area (Å²) in [5.74, 6) is 0.703. The van der Waals surface area contributed by atoms with Crippen molar-refractivity contribution in [2.24, 2.45) is 0 Å². The second kappa shape index (κ2) is 9.43. The molecule has 0 bridgehead atoms. The Balaban J connectivity index is 1.44. The van der Waals surface area contributed by atoms with E-state index in [4.69, 9.17) is 9.47 Å². The molecule has 0 radical (unpaired) electrons. The van der Waals surface area contributed by atoms with E-state index >= 15 is 0 Å². The van der Waals surface area contributed by atoms with Crippen molar-refractivity contribution in [2.75, 3.05) is 38.2 Å². The van der Waals surface area contributed by atoms with Crippen LogP contribution in [0.2, 0.25) is 0 Å². The van der Waals surface area contributed by atoms with Gasteiger partial charge in [-0.2, -0.15) is 0 Å². The molecule has 4 rings (SSSR count). The first kappa shape index (κ1) is 21.2. The molecule has 164 valence electrons. The number of methoxy groups -OCH3 is 1. The molecule has 1 aliphatic rings. The summed E-state index contributed by atoms with van der Waals surface area (Å²) in [6, 6.07) is 21.4. The van der Waals surface area contributed by atoms with Crippen molar-refractivity contribution < 1.29 is 24.2 Å². The summed E-state index contributed by atoms with van der Waals surface area (Å²) in [7, 11) is 1.58. The minimum Gasteiger partial charge on any atom is -0.493 e. The number of carbonyl (C=O) groups excluding carboxylic acids is 1. The lowest BCUT2D eigenvalue weighted by atomic mass is 10.1. The molecule has 32 heavy (non-hydrogen) atoms. The number of piperazine rings is 1. The van der Waals surface area contributed by atoms with Crippen LogP contribution in [-0.2, 0) is 0 Å². The number of para-hydroxylation sites is 3. The van der Waals surface area contributed by atoms with Gasteiger partial charge in [-0.15, -0.1) is 0 Å². The van der Waals surface area contributed by atoms with Crippen molar-refractivity contribution in [3.05, 3.63) is 83.9 Å². The highest BCUT2D eigenvalue weighted by molar-refractivity contribution is 5.96.